The molecule has 0 bridgehead atoms. The number of H-pyrrole nitrogens is 1. The van der Waals surface area contributed by atoms with Crippen molar-refractivity contribution in [2.75, 3.05) is 6.61 Å². The summed E-state index contributed by atoms with van der Waals surface area (Å²) in [6, 6.07) is 5.85. The number of carbonyl (C=O) groups excluding carboxylic acids is 2. The molecule has 2 heterocycles. The maximum absolute atomic E-state index is 13.5. The molecule has 8 nitrogen and oxygen atoms in total. The zero-order valence-corrected chi connectivity index (χ0v) is 17.2. The summed E-state index contributed by atoms with van der Waals surface area (Å²) in [7, 11) is 0. The number of esters is 1. The van der Waals surface area contributed by atoms with E-state index in [-0.39, 0.29) is 12.4 Å². The maximum Gasteiger partial charge on any atom is 0.340 e. The molecule has 0 amide bonds. The number of halogens is 1. The van der Waals surface area contributed by atoms with E-state index in [0.717, 1.165) is 11.8 Å². The maximum atomic E-state index is 13.5. The Morgan fingerprint density at radius 2 is 2.10 bits per heavy atom. The molecule has 0 fully saturated rings. The van der Waals surface area contributed by atoms with Crippen molar-refractivity contribution in [1.29, 1.82) is 0 Å². The van der Waals surface area contributed by atoms with Crippen LogP contribution in [0.2, 0.25) is 0 Å². The Kier molecular flexibility index (Phi) is 6.12. The summed E-state index contributed by atoms with van der Waals surface area (Å²) >= 11 is 1.14. The fourth-order valence-corrected chi connectivity index (χ4v) is 3.81. The highest BCUT2D eigenvalue weighted by molar-refractivity contribution is 8.00. The van der Waals surface area contributed by atoms with E-state index in [0.29, 0.717) is 33.4 Å². The molecule has 29 heavy (non-hydrogen) atoms. The predicted molar refractivity (Wildman–Crippen MR) is 105 cm³/mol. The molecule has 0 aliphatic carbocycles. The molecule has 2 aromatic heterocycles. The molecule has 10 heteroatoms. The molecule has 3 rings (SSSR count). The molecule has 0 aliphatic rings. The van der Waals surface area contributed by atoms with Gasteiger partial charge < -0.3 is 9.72 Å². The Labute approximate surface area is 170 Å². The fraction of sp³-hybridized carbons (Fsp3) is 0.316. The van der Waals surface area contributed by atoms with Gasteiger partial charge in [0.2, 0.25) is 5.16 Å². The van der Waals surface area contributed by atoms with Crippen molar-refractivity contribution < 1.29 is 18.7 Å². The van der Waals surface area contributed by atoms with Gasteiger partial charge in [0, 0.05) is 5.69 Å². The second kappa shape index (κ2) is 8.56. The lowest BCUT2D eigenvalue weighted by Gasteiger charge is -2.10. The Balaban J connectivity index is 1.84. The fourth-order valence-electron chi connectivity index (χ4n) is 2.94. The van der Waals surface area contributed by atoms with Gasteiger partial charge >= 0.3 is 5.97 Å². The van der Waals surface area contributed by atoms with Crippen molar-refractivity contribution in [3.63, 3.8) is 0 Å². The number of rotatable bonds is 7. The van der Waals surface area contributed by atoms with E-state index in [2.05, 4.69) is 20.5 Å². The predicted octanol–water partition coefficient (Wildman–Crippen LogP) is 3.29. The molecule has 1 N–H and O–H groups in total. The van der Waals surface area contributed by atoms with E-state index in [1.165, 1.54) is 16.8 Å². The van der Waals surface area contributed by atoms with E-state index in [1.54, 1.807) is 39.8 Å². The highest BCUT2D eigenvalue weighted by Crippen LogP contribution is 2.28. The van der Waals surface area contributed by atoms with Crippen molar-refractivity contribution in [1.82, 2.24) is 25.2 Å². The molecule has 0 aliphatic heterocycles. The van der Waals surface area contributed by atoms with Gasteiger partial charge in [0.1, 0.15) is 5.82 Å². The number of carbonyl (C=O) groups is 2. The zero-order chi connectivity index (χ0) is 21.1. The van der Waals surface area contributed by atoms with E-state index in [4.69, 9.17) is 4.74 Å². The minimum absolute atomic E-state index is 0.208. The van der Waals surface area contributed by atoms with E-state index < -0.39 is 17.0 Å². The molecule has 3 aromatic rings. The van der Waals surface area contributed by atoms with Crippen molar-refractivity contribution in [2.45, 2.75) is 38.1 Å². The first-order valence-corrected chi connectivity index (χ1v) is 9.82. The van der Waals surface area contributed by atoms with Crippen molar-refractivity contribution in [3.05, 3.63) is 52.6 Å². The number of nitrogens with one attached hydrogen (secondary N) is 1. The Bertz CT molecular complexity index is 1060. The second-order valence-corrected chi connectivity index (χ2v) is 7.63. The average molecular weight is 417 g/mol. The van der Waals surface area contributed by atoms with Crippen LogP contribution in [0.4, 0.5) is 4.39 Å². The van der Waals surface area contributed by atoms with Crippen molar-refractivity contribution in [2.24, 2.45) is 0 Å². The molecule has 0 radical (unpaired) electrons. The number of thioether (sulfide) groups is 1. The molecular formula is C19H20FN5O3S. The van der Waals surface area contributed by atoms with E-state index >= 15 is 0 Å². The van der Waals surface area contributed by atoms with E-state index in [9.17, 15) is 14.0 Å². The first kappa shape index (κ1) is 20.7. The molecule has 0 unspecified atom stereocenters. The Morgan fingerprint density at radius 1 is 1.34 bits per heavy atom. The number of nitrogens with zero attached hydrogens (tertiary/aromatic N) is 4. The minimum atomic E-state index is -0.555. The van der Waals surface area contributed by atoms with Gasteiger partial charge in [-0.3, -0.25) is 4.79 Å². The number of tetrazole rings is 1. The van der Waals surface area contributed by atoms with Crippen LogP contribution in [0.15, 0.2) is 29.4 Å². The third-order valence-corrected chi connectivity index (χ3v) is 5.34. The highest BCUT2D eigenvalue weighted by Gasteiger charge is 2.27. The van der Waals surface area contributed by atoms with Gasteiger partial charge in [-0.2, -0.15) is 4.68 Å². The minimum Gasteiger partial charge on any atom is -0.462 e. The van der Waals surface area contributed by atoms with Crippen molar-refractivity contribution >= 4 is 23.5 Å². The van der Waals surface area contributed by atoms with Gasteiger partial charge in [0.25, 0.3) is 0 Å². The van der Waals surface area contributed by atoms with Gasteiger partial charge in [-0.25, -0.2) is 9.18 Å². The summed E-state index contributed by atoms with van der Waals surface area (Å²) < 4.78 is 20.0. The lowest BCUT2D eigenvalue weighted by atomic mass is 10.1. The van der Waals surface area contributed by atoms with Crippen molar-refractivity contribution in [3.8, 4) is 5.69 Å². The summed E-state index contributed by atoms with van der Waals surface area (Å²) in [5.74, 6) is -1.09. The molecule has 0 spiro atoms. The summed E-state index contributed by atoms with van der Waals surface area (Å²) in [4.78, 5) is 28.2. The lowest BCUT2D eigenvalue weighted by molar-refractivity contribution is 0.0525. The smallest absolute Gasteiger partial charge is 0.340 e. The second-order valence-electron chi connectivity index (χ2n) is 6.32. The summed E-state index contributed by atoms with van der Waals surface area (Å²) in [5.41, 5.74) is 2.29. The molecule has 1 aromatic carbocycles. The summed E-state index contributed by atoms with van der Waals surface area (Å²) in [6.45, 7) is 7.12. The van der Waals surface area contributed by atoms with Gasteiger partial charge in [0.15, 0.2) is 5.78 Å². The molecule has 0 saturated heterocycles. The van der Waals surface area contributed by atoms with Gasteiger partial charge in [-0.1, -0.05) is 17.8 Å². The Hall–Kier alpha value is -3.01. The van der Waals surface area contributed by atoms with Gasteiger partial charge in [0.05, 0.1) is 28.8 Å². The number of hydrogen-bond acceptors (Lipinski definition) is 7. The number of ether oxygens (including phenoxy) is 1. The molecular weight excluding hydrogens is 397 g/mol. The van der Waals surface area contributed by atoms with Crippen LogP contribution in [0.3, 0.4) is 0 Å². The summed E-state index contributed by atoms with van der Waals surface area (Å²) in [6.07, 6.45) is 0. The van der Waals surface area contributed by atoms with Gasteiger partial charge in [-0.05, 0) is 61.9 Å². The molecule has 0 saturated carbocycles. The van der Waals surface area contributed by atoms with E-state index in [1.807, 2.05) is 0 Å². The summed E-state index contributed by atoms with van der Waals surface area (Å²) in [5, 5.41) is 11.2. The van der Waals surface area contributed by atoms with Crippen LogP contribution in [-0.4, -0.2) is 48.8 Å². The number of Topliss-reactive ketones (excluding diaryl/α,β-unsaturated/α-hetero) is 1. The monoisotopic (exact) mass is 417 g/mol. The van der Waals surface area contributed by atoms with Crippen LogP contribution in [0, 0.1) is 19.7 Å². The molecule has 152 valence electrons. The molecule has 1 atom stereocenters. The SMILES string of the molecule is CCOC(=O)c1c(C)[nH]c(C(=O)[C@@H](C)Sc2nnnn2-c2cccc(F)c2)c1C. The topological polar surface area (TPSA) is 103 Å². The van der Waals surface area contributed by atoms with Crippen LogP contribution < -0.4 is 0 Å². The van der Waals surface area contributed by atoms with Crippen LogP contribution in [0.5, 0.6) is 0 Å². The normalized spacial score (nSPS) is 12.0. The number of aryl methyl sites for hydroxylation is 1. The van der Waals surface area contributed by atoms with Gasteiger partial charge in [-0.15, -0.1) is 5.10 Å². The number of aromatic nitrogens is 5. The average Bonchev–Trinajstić information content (AvgIpc) is 3.25. The number of aromatic amines is 1. The third-order valence-electron chi connectivity index (χ3n) is 4.31. The Morgan fingerprint density at radius 3 is 2.79 bits per heavy atom. The standard InChI is InChI=1S/C19H20FN5O3S/c1-5-28-18(27)15-10(2)16(21-11(15)3)17(26)12(4)29-19-22-23-24-25(19)14-8-6-7-13(20)9-14/h6-9,12,21H,5H2,1-4H3/t12-/m1/s1. The van der Waals surface area contributed by atoms with Crippen LogP contribution in [0.1, 0.15) is 46.0 Å². The first-order chi connectivity index (χ1) is 13.8. The lowest BCUT2D eigenvalue weighted by Crippen LogP contribution is -2.16. The highest BCUT2D eigenvalue weighted by atomic mass is 32.2. The van der Waals surface area contributed by atoms with Crippen LogP contribution in [0.25, 0.3) is 5.69 Å². The number of benzene rings is 1. The first-order valence-electron chi connectivity index (χ1n) is 8.95. The van der Waals surface area contributed by atoms with Crippen LogP contribution >= 0.6 is 11.8 Å². The zero-order valence-electron chi connectivity index (χ0n) is 16.4. The van der Waals surface area contributed by atoms with Crippen LogP contribution in [-0.2, 0) is 4.74 Å². The quantitative estimate of drug-likeness (QED) is 0.357. The third kappa shape index (κ3) is 4.21. The number of hydrogen-bond donors (Lipinski definition) is 1. The largest absolute Gasteiger partial charge is 0.462 e. The number of ketones is 1.